The Balaban J connectivity index is 1.55. The highest BCUT2D eigenvalue weighted by molar-refractivity contribution is 5.98. The molecule has 2 heterocycles. The largest absolute Gasteiger partial charge is 0.353 e. The van der Waals surface area contributed by atoms with E-state index in [1.54, 1.807) is 4.90 Å². The van der Waals surface area contributed by atoms with Crippen molar-refractivity contribution in [2.24, 2.45) is 0 Å². The van der Waals surface area contributed by atoms with E-state index in [9.17, 15) is 9.59 Å². The van der Waals surface area contributed by atoms with Crippen LogP contribution >= 0.6 is 0 Å². The molecule has 1 fully saturated rings. The monoisotopic (exact) mass is 359 g/mol. The Bertz CT molecular complexity index is 918. The average Bonchev–Trinajstić information content (AvgIpc) is 3.25. The van der Waals surface area contributed by atoms with Crippen LogP contribution in [-0.4, -0.2) is 40.4 Å². The number of hydrogen-bond acceptors (Lipinski definition) is 2. The molecule has 0 aliphatic carbocycles. The molecule has 0 radical (unpaired) electrons. The van der Waals surface area contributed by atoms with Crippen LogP contribution in [0.3, 0.4) is 0 Å². The number of benzene rings is 2. The first kappa shape index (κ1) is 17.1. The number of nitrogens with zero attached hydrogens (tertiary/aromatic N) is 2. The van der Waals surface area contributed by atoms with Crippen molar-refractivity contribution in [3.8, 4) is 5.69 Å². The van der Waals surface area contributed by atoms with E-state index in [0.29, 0.717) is 25.1 Å². The minimum Gasteiger partial charge on any atom is -0.353 e. The van der Waals surface area contributed by atoms with Crippen LogP contribution in [0, 0.1) is 0 Å². The second kappa shape index (κ2) is 7.50. The first-order valence-corrected chi connectivity index (χ1v) is 9.08. The first-order valence-electron chi connectivity index (χ1n) is 9.08. The molecule has 2 aromatic carbocycles. The molecular weight excluding hydrogens is 338 g/mol. The van der Waals surface area contributed by atoms with Gasteiger partial charge in [0, 0.05) is 43.2 Å². The van der Waals surface area contributed by atoms with E-state index in [0.717, 1.165) is 11.3 Å². The van der Waals surface area contributed by atoms with Crippen molar-refractivity contribution in [3.05, 3.63) is 90.3 Å². The first-order chi connectivity index (χ1) is 13.2. The van der Waals surface area contributed by atoms with Gasteiger partial charge in [-0.15, -0.1) is 0 Å². The maximum absolute atomic E-state index is 13.1. The molecule has 1 saturated heterocycles. The van der Waals surface area contributed by atoms with Crippen molar-refractivity contribution < 1.29 is 9.59 Å². The van der Waals surface area contributed by atoms with Crippen molar-refractivity contribution in [2.45, 2.75) is 12.5 Å². The molecule has 1 N–H and O–H groups in total. The van der Waals surface area contributed by atoms with Gasteiger partial charge in [0.25, 0.3) is 5.91 Å². The van der Waals surface area contributed by atoms with Crippen LogP contribution in [0.15, 0.2) is 79.1 Å². The predicted octanol–water partition coefficient (Wildman–Crippen LogP) is 2.66. The van der Waals surface area contributed by atoms with Crippen molar-refractivity contribution >= 4 is 11.8 Å². The lowest BCUT2D eigenvalue weighted by Gasteiger charge is -2.35. The van der Waals surface area contributed by atoms with Crippen molar-refractivity contribution in [3.63, 3.8) is 0 Å². The van der Waals surface area contributed by atoms with Gasteiger partial charge in [0.15, 0.2) is 0 Å². The second-order valence-electron chi connectivity index (χ2n) is 6.63. The van der Waals surface area contributed by atoms with E-state index in [2.05, 4.69) is 5.32 Å². The van der Waals surface area contributed by atoms with Gasteiger partial charge in [0.1, 0.15) is 6.04 Å². The summed E-state index contributed by atoms with van der Waals surface area (Å²) in [6.07, 6.45) is 4.43. The zero-order chi connectivity index (χ0) is 18.6. The van der Waals surface area contributed by atoms with Gasteiger partial charge in [-0.05, 0) is 42.0 Å². The highest BCUT2D eigenvalue weighted by Crippen LogP contribution is 2.17. The average molecular weight is 359 g/mol. The number of amides is 2. The lowest BCUT2D eigenvalue weighted by atomic mass is 10.0. The van der Waals surface area contributed by atoms with Crippen LogP contribution in [0.25, 0.3) is 5.69 Å². The number of aromatic nitrogens is 1. The molecule has 2 amide bonds. The Hall–Kier alpha value is -3.34. The van der Waals surface area contributed by atoms with Crippen molar-refractivity contribution in [2.75, 3.05) is 13.1 Å². The van der Waals surface area contributed by atoms with Crippen LogP contribution < -0.4 is 5.32 Å². The molecule has 136 valence electrons. The van der Waals surface area contributed by atoms with Gasteiger partial charge in [-0.25, -0.2) is 0 Å². The Morgan fingerprint density at radius 2 is 1.67 bits per heavy atom. The topological polar surface area (TPSA) is 54.3 Å². The van der Waals surface area contributed by atoms with E-state index >= 15 is 0 Å². The molecule has 5 heteroatoms. The summed E-state index contributed by atoms with van der Waals surface area (Å²) in [5, 5.41) is 2.88. The summed E-state index contributed by atoms with van der Waals surface area (Å²) in [4.78, 5) is 27.2. The van der Waals surface area contributed by atoms with Crippen molar-refractivity contribution in [1.29, 1.82) is 0 Å². The molecule has 0 saturated carbocycles. The summed E-state index contributed by atoms with van der Waals surface area (Å²) < 4.78 is 1.99. The Kier molecular flexibility index (Phi) is 4.75. The smallest absolute Gasteiger partial charge is 0.254 e. The number of piperazine rings is 1. The van der Waals surface area contributed by atoms with Gasteiger partial charge in [-0.2, -0.15) is 0 Å². The standard InChI is InChI=1S/C22H21N3O2/c26-21-20(16-17-6-2-1-3-7-17)25(15-12-23-21)22(27)18-8-10-19(11-9-18)24-13-4-5-14-24/h1-11,13-14,20H,12,15-16H2,(H,23,26). The summed E-state index contributed by atoms with van der Waals surface area (Å²) in [6.45, 7) is 0.999. The molecule has 5 nitrogen and oxygen atoms in total. The van der Waals surface area contributed by atoms with Gasteiger partial charge >= 0.3 is 0 Å². The summed E-state index contributed by atoms with van der Waals surface area (Å²) in [5.74, 6) is -0.202. The number of carbonyl (C=O) groups excluding carboxylic acids is 2. The maximum Gasteiger partial charge on any atom is 0.254 e. The highest BCUT2D eigenvalue weighted by Gasteiger charge is 2.33. The Morgan fingerprint density at radius 3 is 2.37 bits per heavy atom. The van der Waals surface area contributed by atoms with E-state index < -0.39 is 6.04 Å². The third-order valence-electron chi connectivity index (χ3n) is 4.88. The molecule has 1 atom stereocenters. The van der Waals surface area contributed by atoms with Gasteiger partial charge in [0.2, 0.25) is 5.91 Å². The minimum atomic E-state index is -0.488. The van der Waals surface area contributed by atoms with Crippen LogP contribution in [0.2, 0.25) is 0 Å². The highest BCUT2D eigenvalue weighted by atomic mass is 16.2. The molecule has 3 aromatic rings. The molecule has 1 aliphatic rings. The van der Waals surface area contributed by atoms with Gasteiger partial charge in [0.05, 0.1) is 0 Å². The summed E-state index contributed by atoms with van der Waals surface area (Å²) in [7, 11) is 0. The fraction of sp³-hybridized carbons (Fsp3) is 0.182. The van der Waals surface area contributed by atoms with E-state index in [1.807, 2.05) is 83.7 Å². The van der Waals surface area contributed by atoms with Crippen molar-refractivity contribution in [1.82, 2.24) is 14.8 Å². The number of nitrogens with one attached hydrogen (secondary N) is 1. The van der Waals surface area contributed by atoms with Gasteiger partial charge < -0.3 is 14.8 Å². The lowest BCUT2D eigenvalue weighted by molar-refractivity contribution is -0.127. The molecule has 1 aromatic heterocycles. The number of carbonyl (C=O) groups is 2. The van der Waals surface area contributed by atoms with Crippen LogP contribution in [0.5, 0.6) is 0 Å². The normalized spacial score (nSPS) is 16.8. The Labute approximate surface area is 158 Å². The summed E-state index contributed by atoms with van der Waals surface area (Å²) >= 11 is 0. The lowest BCUT2D eigenvalue weighted by Crippen LogP contribution is -2.58. The third kappa shape index (κ3) is 3.62. The summed E-state index contributed by atoms with van der Waals surface area (Å²) in [5.41, 5.74) is 2.63. The van der Waals surface area contributed by atoms with E-state index in [-0.39, 0.29) is 11.8 Å². The van der Waals surface area contributed by atoms with E-state index in [4.69, 9.17) is 0 Å². The fourth-order valence-corrected chi connectivity index (χ4v) is 3.45. The molecule has 27 heavy (non-hydrogen) atoms. The number of rotatable bonds is 4. The van der Waals surface area contributed by atoms with Gasteiger partial charge in [-0.1, -0.05) is 30.3 Å². The maximum atomic E-state index is 13.1. The minimum absolute atomic E-state index is 0.0950. The summed E-state index contributed by atoms with van der Waals surface area (Å²) in [6, 6.07) is 20.7. The SMILES string of the molecule is O=C1NCCN(C(=O)c2ccc(-n3cccc3)cc2)C1Cc1ccccc1. The zero-order valence-electron chi connectivity index (χ0n) is 14.9. The molecule has 1 unspecified atom stereocenters. The molecule has 0 bridgehead atoms. The molecular formula is C22H21N3O2. The van der Waals surface area contributed by atoms with Crippen LogP contribution in [0.1, 0.15) is 15.9 Å². The Morgan fingerprint density at radius 1 is 0.963 bits per heavy atom. The number of hydrogen-bond donors (Lipinski definition) is 1. The van der Waals surface area contributed by atoms with E-state index in [1.165, 1.54) is 0 Å². The quantitative estimate of drug-likeness (QED) is 0.779. The predicted molar refractivity (Wildman–Crippen MR) is 104 cm³/mol. The third-order valence-corrected chi connectivity index (χ3v) is 4.88. The van der Waals surface area contributed by atoms with Gasteiger partial charge in [-0.3, -0.25) is 9.59 Å². The zero-order valence-corrected chi connectivity index (χ0v) is 14.9. The molecule has 1 aliphatic heterocycles. The molecule has 0 spiro atoms. The fourth-order valence-electron chi connectivity index (χ4n) is 3.45. The molecule has 4 rings (SSSR count). The van der Waals surface area contributed by atoms with Crippen LogP contribution in [-0.2, 0) is 11.2 Å². The second-order valence-corrected chi connectivity index (χ2v) is 6.63. The van der Waals surface area contributed by atoms with Crippen LogP contribution in [0.4, 0.5) is 0 Å².